The van der Waals surface area contributed by atoms with Crippen molar-refractivity contribution in [1.29, 1.82) is 0 Å². The molecule has 0 bridgehead atoms. The summed E-state index contributed by atoms with van der Waals surface area (Å²) in [7, 11) is 2.95. The molecule has 1 amide bonds. The number of hydrogen-bond donors (Lipinski definition) is 1. The van der Waals surface area contributed by atoms with Crippen molar-refractivity contribution in [1.82, 2.24) is 4.98 Å². The number of aryl methyl sites for hydroxylation is 1. The van der Waals surface area contributed by atoms with Crippen LogP contribution < -0.4 is 10.1 Å². The van der Waals surface area contributed by atoms with Crippen molar-refractivity contribution in [2.24, 2.45) is 0 Å². The molecule has 29 heavy (non-hydrogen) atoms. The van der Waals surface area contributed by atoms with Gasteiger partial charge in [0, 0.05) is 23.2 Å². The predicted octanol–water partition coefficient (Wildman–Crippen LogP) is 4.46. The minimum absolute atomic E-state index is 0.130. The van der Waals surface area contributed by atoms with E-state index in [9.17, 15) is 9.59 Å². The van der Waals surface area contributed by atoms with Gasteiger partial charge in [0.15, 0.2) is 0 Å². The second kappa shape index (κ2) is 9.43. The minimum Gasteiger partial charge on any atom is -0.494 e. The van der Waals surface area contributed by atoms with Gasteiger partial charge in [-0.25, -0.2) is 9.78 Å². The van der Waals surface area contributed by atoms with Crippen LogP contribution in [0.4, 0.5) is 5.69 Å². The van der Waals surface area contributed by atoms with Crippen LogP contribution in [-0.2, 0) is 9.53 Å². The summed E-state index contributed by atoms with van der Waals surface area (Å²) in [5.74, 6) is 0.742. The second-order valence-electron chi connectivity index (χ2n) is 6.35. The molecule has 0 atom stereocenters. The number of nitrogens with zero attached hydrogens (tertiary/aromatic N) is 1. The van der Waals surface area contributed by atoms with Crippen molar-refractivity contribution >= 4 is 40.2 Å². The average molecular weight is 410 g/mol. The average Bonchev–Trinajstić information content (AvgIpc) is 2.73. The zero-order chi connectivity index (χ0) is 20.8. The number of esters is 1. The van der Waals surface area contributed by atoms with Crippen molar-refractivity contribution in [3.05, 3.63) is 59.7 Å². The highest BCUT2D eigenvalue weighted by Gasteiger charge is 2.10. The van der Waals surface area contributed by atoms with Crippen LogP contribution in [0.3, 0.4) is 0 Å². The molecule has 6 nitrogen and oxygen atoms in total. The van der Waals surface area contributed by atoms with Gasteiger partial charge in [-0.3, -0.25) is 4.79 Å². The number of carbonyl (C=O) groups excluding carboxylic acids is 2. The maximum Gasteiger partial charge on any atom is 0.337 e. The summed E-state index contributed by atoms with van der Waals surface area (Å²) in [6.07, 6.45) is 0.317. The van der Waals surface area contributed by atoms with E-state index < -0.39 is 5.97 Å². The first-order chi connectivity index (χ1) is 14.0. The molecule has 1 heterocycles. The lowest BCUT2D eigenvalue weighted by Crippen LogP contribution is -2.13. The number of benzene rings is 2. The largest absolute Gasteiger partial charge is 0.494 e. The summed E-state index contributed by atoms with van der Waals surface area (Å²) in [5, 5.41) is 4.71. The Kier molecular flexibility index (Phi) is 6.72. The summed E-state index contributed by atoms with van der Waals surface area (Å²) >= 11 is 1.52. The van der Waals surface area contributed by atoms with Gasteiger partial charge in [0.25, 0.3) is 0 Å². The van der Waals surface area contributed by atoms with Crippen LogP contribution in [0.25, 0.3) is 10.9 Å². The molecule has 0 spiro atoms. The van der Waals surface area contributed by atoms with E-state index in [0.717, 1.165) is 27.2 Å². The first-order valence-electron chi connectivity index (χ1n) is 9.07. The van der Waals surface area contributed by atoms with Gasteiger partial charge < -0.3 is 14.8 Å². The third-order valence-electron chi connectivity index (χ3n) is 4.35. The number of methoxy groups -OCH3 is 2. The second-order valence-corrected chi connectivity index (χ2v) is 7.47. The molecule has 0 unspecified atom stereocenters. The maximum atomic E-state index is 12.3. The molecule has 0 aliphatic heterocycles. The number of pyridine rings is 1. The van der Waals surface area contributed by atoms with Gasteiger partial charge in [0.1, 0.15) is 11.3 Å². The van der Waals surface area contributed by atoms with Crippen LogP contribution in [0.1, 0.15) is 22.3 Å². The third kappa shape index (κ3) is 5.06. The number of ether oxygens (including phenoxy) is 2. The van der Waals surface area contributed by atoms with Crippen molar-refractivity contribution in [2.75, 3.05) is 25.3 Å². The van der Waals surface area contributed by atoms with Gasteiger partial charge in [-0.2, -0.15) is 0 Å². The molecule has 2 aromatic carbocycles. The molecule has 150 valence electrons. The highest BCUT2D eigenvalue weighted by atomic mass is 32.2. The fourth-order valence-electron chi connectivity index (χ4n) is 2.91. The summed E-state index contributed by atoms with van der Waals surface area (Å²) in [6, 6.07) is 14.5. The molecule has 1 aromatic heterocycles. The molecular weight excluding hydrogens is 388 g/mol. The Hall–Kier alpha value is -3.06. The van der Waals surface area contributed by atoms with E-state index in [0.29, 0.717) is 23.4 Å². The molecule has 3 aromatic rings. The van der Waals surface area contributed by atoms with Crippen LogP contribution in [-0.4, -0.2) is 36.8 Å². The number of amides is 1. The fourth-order valence-corrected chi connectivity index (χ4v) is 3.83. The van der Waals surface area contributed by atoms with E-state index >= 15 is 0 Å². The number of carbonyl (C=O) groups is 2. The zero-order valence-electron chi connectivity index (χ0n) is 16.5. The van der Waals surface area contributed by atoms with Gasteiger partial charge in [-0.05, 0) is 42.8 Å². The maximum absolute atomic E-state index is 12.3. The SMILES string of the molecule is COC(=O)c1cccc(NC(=O)CCSc2cc(C)c3cccc(OC)c3n2)c1. The Labute approximate surface area is 173 Å². The Morgan fingerprint density at radius 2 is 1.90 bits per heavy atom. The molecular formula is C22H22N2O4S. The Morgan fingerprint density at radius 3 is 2.66 bits per heavy atom. The van der Waals surface area contributed by atoms with E-state index in [1.54, 1.807) is 31.4 Å². The molecule has 0 saturated carbocycles. The monoisotopic (exact) mass is 410 g/mol. The van der Waals surface area contributed by atoms with E-state index in [4.69, 9.17) is 9.47 Å². The number of hydrogen-bond acceptors (Lipinski definition) is 6. The Bertz CT molecular complexity index is 1050. The summed E-state index contributed by atoms with van der Waals surface area (Å²) in [4.78, 5) is 28.5. The van der Waals surface area contributed by atoms with Crippen molar-refractivity contribution < 1.29 is 19.1 Å². The standard InChI is InChI=1S/C22H22N2O4S/c1-14-12-20(24-21-17(14)8-5-9-18(21)27-2)29-11-10-19(25)23-16-7-4-6-15(13-16)22(26)28-3/h4-9,12-13H,10-11H2,1-3H3,(H,23,25). The van der Waals surface area contributed by atoms with E-state index in [2.05, 4.69) is 10.3 Å². The molecule has 7 heteroatoms. The molecule has 0 aliphatic rings. The van der Waals surface area contributed by atoms with Crippen molar-refractivity contribution in [3.63, 3.8) is 0 Å². The number of fused-ring (bicyclic) bond motifs is 1. The Balaban J connectivity index is 1.61. The highest BCUT2D eigenvalue weighted by molar-refractivity contribution is 7.99. The number of nitrogens with one attached hydrogen (secondary N) is 1. The number of aromatic nitrogens is 1. The van der Waals surface area contributed by atoms with E-state index in [-0.39, 0.29) is 5.91 Å². The van der Waals surface area contributed by atoms with Gasteiger partial charge in [-0.1, -0.05) is 18.2 Å². The molecule has 1 N–H and O–H groups in total. The quantitative estimate of drug-likeness (QED) is 0.458. The van der Waals surface area contributed by atoms with Gasteiger partial charge in [-0.15, -0.1) is 11.8 Å². The van der Waals surface area contributed by atoms with Crippen LogP contribution in [0.5, 0.6) is 5.75 Å². The lowest BCUT2D eigenvalue weighted by molar-refractivity contribution is -0.115. The number of anilines is 1. The minimum atomic E-state index is -0.440. The molecule has 0 aliphatic carbocycles. The van der Waals surface area contributed by atoms with Gasteiger partial charge in [0.2, 0.25) is 5.91 Å². The molecule has 3 rings (SSSR count). The third-order valence-corrected chi connectivity index (χ3v) is 5.27. The smallest absolute Gasteiger partial charge is 0.337 e. The first kappa shape index (κ1) is 20.7. The fraction of sp³-hybridized carbons (Fsp3) is 0.227. The topological polar surface area (TPSA) is 77.5 Å². The lowest BCUT2D eigenvalue weighted by Gasteiger charge is -2.10. The Morgan fingerprint density at radius 1 is 1.10 bits per heavy atom. The van der Waals surface area contributed by atoms with Gasteiger partial charge in [0.05, 0.1) is 24.8 Å². The molecule has 0 radical (unpaired) electrons. The van der Waals surface area contributed by atoms with Crippen molar-refractivity contribution in [2.45, 2.75) is 18.4 Å². The van der Waals surface area contributed by atoms with Crippen LogP contribution >= 0.6 is 11.8 Å². The number of rotatable bonds is 7. The predicted molar refractivity (Wildman–Crippen MR) is 115 cm³/mol. The highest BCUT2D eigenvalue weighted by Crippen LogP contribution is 2.29. The zero-order valence-corrected chi connectivity index (χ0v) is 17.3. The van der Waals surface area contributed by atoms with E-state index in [1.807, 2.05) is 31.2 Å². The number of para-hydroxylation sites is 1. The van der Waals surface area contributed by atoms with Crippen LogP contribution in [0.15, 0.2) is 53.6 Å². The first-order valence-corrected chi connectivity index (χ1v) is 10.1. The van der Waals surface area contributed by atoms with Crippen LogP contribution in [0.2, 0.25) is 0 Å². The number of thioether (sulfide) groups is 1. The summed E-state index contributed by atoms with van der Waals surface area (Å²) in [6.45, 7) is 2.04. The van der Waals surface area contributed by atoms with Crippen LogP contribution in [0, 0.1) is 6.92 Å². The normalized spacial score (nSPS) is 10.6. The van der Waals surface area contributed by atoms with E-state index in [1.165, 1.54) is 18.9 Å². The summed E-state index contributed by atoms with van der Waals surface area (Å²) < 4.78 is 10.1. The van der Waals surface area contributed by atoms with Crippen molar-refractivity contribution in [3.8, 4) is 5.75 Å². The molecule has 0 fully saturated rings. The van der Waals surface area contributed by atoms with Gasteiger partial charge >= 0.3 is 5.97 Å². The summed E-state index contributed by atoms with van der Waals surface area (Å²) in [5.41, 5.74) is 2.89. The molecule has 0 saturated heterocycles. The lowest BCUT2D eigenvalue weighted by atomic mass is 10.1.